The van der Waals surface area contributed by atoms with Gasteiger partial charge < -0.3 is 24.2 Å². The van der Waals surface area contributed by atoms with Gasteiger partial charge in [0.25, 0.3) is 0 Å². The lowest BCUT2D eigenvalue weighted by atomic mass is 9.93. The van der Waals surface area contributed by atoms with E-state index in [-0.39, 0.29) is 11.4 Å². The van der Waals surface area contributed by atoms with E-state index in [1.807, 2.05) is 19.1 Å². The predicted octanol–water partition coefficient (Wildman–Crippen LogP) is 6.31. The summed E-state index contributed by atoms with van der Waals surface area (Å²) in [7, 11) is 0. The Morgan fingerprint density at radius 2 is 1.96 bits per heavy atom. The van der Waals surface area contributed by atoms with Crippen LogP contribution in [0.4, 0.5) is 0 Å². The molecular formula is C36H44N4O5. The van der Waals surface area contributed by atoms with Gasteiger partial charge >= 0.3 is 5.97 Å². The van der Waals surface area contributed by atoms with Crippen molar-refractivity contribution in [3.63, 3.8) is 0 Å². The molecule has 0 unspecified atom stereocenters. The van der Waals surface area contributed by atoms with Crippen LogP contribution < -0.4 is 4.74 Å². The molecule has 0 radical (unpaired) electrons. The highest BCUT2D eigenvalue weighted by atomic mass is 16.5. The second-order valence-corrected chi connectivity index (χ2v) is 12.2. The molecule has 45 heavy (non-hydrogen) atoms. The third-order valence-corrected chi connectivity index (χ3v) is 9.25. The van der Waals surface area contributed by atoms with Crippen LogP contribution in [-0.4, -0.2) is 69.7 Å². The first-order chi connectivity index (χ1) is 21.9. The minimum atomic E-state index is -1.09. The maximum atomic E-state index is 11.7. The van der Waals surface area contributed by atoms with Gasteiger partial charge in [0.15, 0.2) is 5.82 Å². The van der Waals surface area contributed by atoms with Gasteiger partial charge in [0, 0.05) is 31.8 Å². The van der Waals surface area contributed by atoms with Gasteiger partial charge in [-0.05, 0) is 106 Å². The van der Waals surface area contributed by atoms with Crippen molar-refractivity contribution in [2.45, 2.75) is 78.4 Å². The minimum absolute atomic E-state index is 0.00256. The zero-order valence-electron chi connectivity index (χ0n) is 26.7. The molecule has 0 amide bonds. The number of carboxylic acids is 1. The lowest BCUT2D eigenvalue weighted by Crippen LogP contribution is -2.37. The number of hydrogen-bond donors (Lipinski definition) is 1. The smallest absolute Gasteiger partial charge is 0.342 e. The molecule has 0 saturated carbocycles. The summed E-state index contributed by atoms with van der Waals surface area (Å²) in [6.07, 6.45) is 11.4. The molecule has 3 aromatic rings. The summed E-state index contributed by atoms with van der Waals surface area (Å²) >= 11 is 0. The van der Waals surface area contributed by atoms with Crippen LogP contribution in [0.15, 0.2) is 53.9 Å². The van der Waals surface area contributed by atoms with Gasteiger partial charge in [-0.1, -0.05) is 24.3 Å². The Bertz CT molecular complexity index is 1600. The van der Waals surface area contributed by atoms with Gasteiger partial charge in [0.05, 0.1) is 24.6 Å². The van der Waals surface area contributed by atoms with Crippen molar-refractivity contribution in [1.82, 2.24) is 19.7 Å². The standard InChI is InChI=1S/C36H44N4O5/c1-4-43-35-31(36(41)42)21-37-40(35)33-13-8-12-32(38-33)30-11-7-9-24(2)34(30)45-23-27-15-14-26-16-18-39(19-17-29(26)25(27)3)22-28-10-5-6-20-44-28/h8,11-15,21,28H,4-7,9-10,16-20,22-23H2,1-3H3,(H,41,42)/t28-/m1/s1. The number of ether oxygens (including phenoxy) is 3. The fourth-order valence-corrected chi connectivity index (χ4v) is 6.74. The molecule has 1 aliphatic carbocycles. The highest BCUT2D eigenvalue weighted by Crippen LogP contribution is 2.34. The molecule has 2 aromatic heterocycles. The van der Waals surface area contributed by atoms with Crippen molar-refractivity contribution in [2.24, 2.45) is 0 Å². The molecule has 0 spiro atoms. The number of nitrogens with zero attached hydrogens (tertiary/aromatic N) is 4. The van der Waals surface area contributed by atoms with Crippen molar-refractivity contribution in [1.29, 1.82) is 0 Å². The van der Waals surface area contributed by atoms with Crippen LogP contribution in [-0.2, 0) is 28.9 Å². The van der Waals surface area contributed by atoms with Gasteiger partial charge in [-0.3, -0.25) is 0 Å². The minimum Gasteiger partial charge on any atom is -0.488 e. The maximum absolute atomic E-state index is 11.7. The van der Waals surface area contributed by atoms with E-state index in [2.05, 4.69) is 42.1 Å². The first-order valence-corrected chi connectivity index (χ1v) is 16.3. The molecule has 3 aliphatic rings. The lowest BCUT2D eigenvalue weighted by molar-refractivity contribution is -0.00497. The number of fused-ring (bicyclic) bond motifs is 1. The lowest BCUT2D eigenvalue weighted by Gasteiger charge is -2.29. The van der Waals surface area contributed by atoms with Gasteiger partial charge in [0.1, 0.15) is 17.9 Å². The van der Waals surface area contributed by atoms with Crippen LogP contribution in [0.25, 0.3) is 11.4 Å². The molecule has 238 valence electrons. The Balaban J connectivity index is 1.18. The highest BCUT2D eigenvalue weighted by molar-refractivity contribution is 5.90. The molecule has 0 bridgehead atoms. The van der Waals surface area contributed by atoms with E-state index in [9.17, 15) is 9.90 Å². The fraction of sp³-hybridized carbons (Fsp3) is 0.472. The normalized spacial score (nSPS) is 19.1. The quantitative estimate of drug-likeness (QED) is 0.285. The Morgan fingerprint density at radius 3 is 2.76 bits per heavy atom. The number of carboxylic acid groups (broad SMARTS) is 1. The molecule has 9 nitrogen and oxygen atoms in total. The molecule has 1 atom stereocenters. The second-order valence-electron chi connectivity index (χ2n) is 12.2. The number of aromatic carboxylic acids is 1. The van der Waals surface area contributed by atoms with Gasteiger partial charge in [0.2, 0.25) is 5.88 Å². The SMILES string of the molecule is CCOc1c(C(=O)O)cnn1-c1cccc(C2=CCCC(C)=C2OCc2ccc3c(c2C)CCN(C[C@H]2CCCCO2)CC3)n1. The first kappa shape index (κ1) is 31.0. The van der Waals surface area contributed by atoms with E-state index >= 15 is 0 Å². The van der Waals surface area contributed by atoms with Crippen molar-refractivity contribution in [2.75, 3.05) is 32.8 Å². The summed E-state index contributed by atoms with van der Waals surface area (Å²) in [5.41, 5.74) is 8.34. The average Bonchev–Trinajstić information content (AvgIpc) is 3.36. The van der Waals surface area contributed by atoms with E-state index in [4.69, 9.17) is 19.2 Å². The molecule has 6 rings (SSSR count). The van der Waals surface area contributed by atoms with Crippen molar-refractivity contribution >= 4 is 11.5 Å². The predicted molar refractivity (Wildman–Crippen MR) is 173 cm³/mol. The van der Waals surface area contributed by atoms with E-state index in [1.54, 1.807) is 6.07 Å². The second kappa shape index (κ2) is 14.0. The van der Waals surface area contributed by atoms with Gasteiger partial charge in [-0.15, -0.1) is 0 Å². The summed E-state index contributed by atoms with van der Waals surface area (Å²) in [6.45, 7) is 11.1. The molecule has 2 aliphatic heterocycles. The number of pyridine rings is 1. The number of hydrogen-bond acceptors (Lipinski definition) is 7. The largest absolute Gasteiger partial charge is 0.488 e. The molecule has 1 fully saturated rings. The third-order valence-electron chi connectivity index (χ3n) is 9.25. The summed E-state index contributed by atoms with van der Waals surface area (Å²) in [5.74, 6) is 0.414. The van der Waals surface area contributed by atoms with E-state index in [1.165, 1.54) is 58.0 Å². The third kappa shape index (κ3) is 6.84. The van der Waals surface area contributed by atoms with Crippen LogP contribution in [0.2, 0.25) is 0 Å². The van der Waals surface area contributed by atoms with Crippen molar-refractivity contribution in [3.05, 3.63) is 87.4 Å². The van der Waals surface area contributed by atoms with Crippen LogP contribution in [0.5, 0.6) is 5.88 Å². The van der Waals surface area contributed by atoms with E-state index < -0.39 is 5.97 Å². The first-order valence-electron chi connectivity index (χ1n) is 16.3. The molecule has 1 N–H and O–H groups in total. The van der Waals surface area contributed by atoms with Crippen LogP contribution in [0.1, 0.15) is 84.3 Å². The highest BCUT2D eigenvalue weighted by Gasteiger charge is 2.24. The van der Waals surface area contributed by atoms with E-state index in [0.717, 1.165) is 69.0 Å². The molecule has 4 heterocycles. The zero-order chi connectivity index (χ0) is 31.3. The monoisotopic (exact) mass is 612 g/mol. The number of carbonyl (C=O) groups is 1. The Labute approximate surface area is 265 Å². The van der Waals surface area contributed by atoms with Crippen molar-refractivity contribution < 1.29 is 24.1 Å². The van der Waals surface area contributed by atoms with Gasteiger partial charge in [-0.25, -0.2) is 9.78 Å². The number of benzene rings is 1. The van der Waals surface area contributed by atoms with E-state index in [0.29, 0.717) is 25.1 Å². The number of aromatic nitrogens is 3. The maximum Gasteiger partial charge on any atom is 0.342 e. The zero-order valence-corrected chi connectivity index (χ0v) is 26.7. The number of allylic oxidation sites excluding steroid dienone is 3. The molecule has 1 aromatic carbocycles. The van der Waals surface area contributed by atoms with Gasteiger partial charge in [-0.2, -0.15) is 9.78 Å². The van der Waals surface area contributed by atoms with Crippen LogP contribution >= 0.6 is 0 Å². The molecular weight excluding hydrogens is 568 g/mol. The Morgan fingerprint density at radius 1 is 1.09 bits per heavy atom. The summed E-state index contributed by atoms with van der Waals surface area (Å²) < 4.78 is 19.8. The summed E-state index contributed by atoms with van der Waals surface area (Å²) in [6, 6.07) is 10.2. The summed E-state index contributed by atoms with van der Waals surface area (Å²) in [5, 5.41) is 13.9. The van der Waals surface area contributed by atoms with Crippen LogP contribution in [0.3, 0.4) is 0 Å². The summed E-state index contributed by atoms with van der Waals surface area (Å²) in [4.78, 5) is 19.2. The average molecular weight is 613 g/mol. The topological polar surface area (TPSA) is 98.9 Å². The number of rotatable bonds is 10. The van der Waals surface area contributed by atoms with Crippen LogP contribution in [0, 0.1) is 6.92 Å². The Hall–Kier alpha value is -3.95. The molecule has 9 heteroatoms. The Kier molecular flexibility index (Phi) is 9.66. The molecule has 1 saturated heterocycles. The van der Waals surface area contributed by atoms with Crippen molar-refractivity contribution in [3.8, 4) is 11.7 Å². The fourth-order valence-electron chi connectivity index (χ4n) is 6.74.